The molecular formula is C12H10ClFO3. The zero-order valence-electron chi connectivity index (χ0n) is 9.13. The van der Waals surface area contributed by atoms with E-state index in [9.17, 15) is 14.0 Å². The molecular weight excluding hydrogens is 247 g/mol. The molecule has 5 heteroatoms. The number of ether oxygens (including phenoxy) is 1. The summed E-state index contributed by atoms with van der Waals surface area (Å²) in [5.41, 5.74) is -1.18. The number of Topliss-reactive ketones (excluding diaryl/α,β-unsaturated/α-hetero) is 1. The molecule has 0 spiro atoms. The van der Waals surface area contributed by atoms with Crippen LogP contribution in [0.3, 0.4) is 0 Å². The van der Waals surface area contributed by atoms with Crippen molar-refractivity contribution in [3.63, 3.8) is 0 Å². The van der Waals surface area contributed by atoms with Crippen LogP contribution in [0.1, 0.15) is 18.4 Å². The van der Waals surface area contributed by atoms with Gasteiger partial charge in [0.25, 0.3) is 0 Å². The summed E-state index contributed by atoms with van der Waals surface area (Å²) in [5, 5.41) is 0.142. The van der Waals surface area contributed by atoms with Crippen molar-refractivity contribution in [2.24, 2.45) is 0 Å². The fourth-order valence-corrected chi connectivity index (χ4v) is 2.54. The molecule has 1 saturated carbocycles. The Balaban J connectivity index is 2.55. The Morgan fingerprint density at radius 3 is 2.59 bits per heavy atom. The summed E-state index contributed by atoms with van der Waals surface area (Å²) >= 11 is 5.92. The van der Waals surface area contributed by atoms with Crippen LogP contribution in [0, 0.1) is 5.82 Å². The maximum absolute atomic E-state index is 13.8. The molecule has 1 fully saturated rings. The molecule has 0 radical (unpaired) electrons. The normalized spacial score (nSPS) is 17.5. The quantitative estimate of drug-likeness (QED) is 0.763. The number of carbonyl (C=O) groups excluding carboxylic acids is 2. The molecule has 1 aromatic rings. The second-order valence-corrected chi connectivity index (χ2v) is 4.47. The fraction of sp³-hybridized carbons (Fsp3) is 0.333. The van der Waals surface area contributed by atoms with Crippen molar-refractivity contribution in [2.75, 3.05) is 7.11 Å². The lowest BCUT2D eigenvalue weighted by molar-refractivity contribution is -0.156. The third-order valence-electron chi connectivity index (χ3n) is 3.02. The zero-order chi connectivity index (χ0) is 12.6. The second-order valence-electron chi connectivity index (χ2n) is 4.06. The van der Waals surface area contributed by atoms with Gasteiger partial charge in [0.15, 0.2) is 0 Å². The number of halogens is 2. The van der Waals surface area contributed by atoms with Crippen LogP contribution in [0.15, 0.2) is 18.2 Å². The number of esters is 1. The molecule has 90 valence electrons. The van der Waals surface area contributed by atoms with E-state index in [0.717, 1.165) is 0 Å². The summed E-state index contributed by atoms with van der Waals surface area (Å²) < 4.78 is 18.4. The van der Waals surface area contributed by atoms with Crippen molar-refractivity contribution in [1.82, 2.24) is 0 Å². The van der Waals surface area contributed by atoms with Gasteiger partial charge in [-0.05, 0) is 12.1 Å². The standard InChI is InChI=1S/C12H10ClFO3/c1-17-11(16)12(5-7(15)6-12)10-8(13)3-2-4-9(10)14/h2-4H,5-6H2,1H3. The molecule has 1 aromatic carbocycles. The van der Waals surface area contributed by atoms with Gasteiger partial charge in [-0.1, -0.05) is 17.7 Å². The maximum atomic E-state index is 13.8. The van der Waals surface area contributed by atoms with Crippen molar-refractivity contribution in [3.8, 4) is 0 Å². The van der Waals surface area contributed by atoms with E-state index in [1.807, 2.05) is 0 Å². The van der Waals surface area contributed by atoms with Gasteiger partial charge in [0.2, 0.25) is 0 Å². The van der Waals surface area contributed by atoms with Gasteiger partial charge in [0.05, 0.1) is 7.11 Å². The zero-order valence-corrected chi connectivity index (χ0v) is 9.88. The van der Waals surface area contributed by atoms with E-state index in [1.165, 1.54) is 25.3 Å². The van der Waals surface area contributed by atoms with Crippen molar-refractivity contribution < 1.29 is 18.7 Å². The van der Waals surface area contributed by atoms with Gasteiger partial charge >= 0.3 is 5.97 Å². The van der Waals surface area contributed by atoms with E-state index in [0.29, 0.717) is 0 Å². The molecule has 1 aliphatic rings. The van der Waals surface area contributed by atoms with Crippen molar-refractivity contribution in [3.05, 3.63) is 34.6 Å². The van der Waals surface area contributed by atoms with Crippen LogP contribution in [0.5, 0.6) is 0 Å². The fourth-order valence-electron chi connectivity index (χ4n) is 2.19. The van der Waals surface area contributed by atoms with Gasteiger partial charge in [0.1, 0.15) is 17.0 Å². The predicted molar refractivity (Wildman–Crippen MR) is 59.3 cm³/mol. The first-order valence-electron chi connectivity index (χ1n) is 5.06. The molecule has 3 nitrogen and oxygen atoms in total. The summed E-state index contributed by atoms with van der Waals surface area (Å²) in [7, 11) is 1.21. The van der Waals surface area contributed by atoms with Crippen molar-refractivity contribution >= 4 is 23.4 Å². The van der Waals surface area contributed by atoms with E-state index in [1.54, 1.807) is 0 Å². The second kappa shape index (κ2) is 4.11. The number of rotatable bonds is 2. The Morgan fingerprint density at radius 1 is 1.47 bits per heavy atom. The van der Waals surface area contributed by atoms with Gasteiger partial charge in [-0.3, -0.25) is 9.59 Å². The maximum Gasteiger partial charge on any atom is 0.317 e. The molecule has 0 heterocycles. The molecule has 0 bridgehead atoms. The smallest absolute Gasteiger partial charge is 0.317 e. The monoisotopic (exact) mass is 256 g/mol. The van der Waals surface area contributed by atoms with Crippen LogP contribution < -0.4 is 0 Å². The minimum Gasteiger partial charge on any atom is -0.468 e. The average molecular weight is 257 g/mol. The first-order valence-corrected chi connectivity index (χ1v) is 5.43. The highest BCUT2D eigenvalue weighted by atomic mass is 35.5. The van der Waals surface area contributed by atoms with Gasteiger partial charge in [-0.2, -0.15) is 0 Å². The summed E-state index contributed by atoms with van der Waals surface area (Å²) in [6.45, 7) is 0. The van der Waals surface area contributed by atoms with Gasteiger partial charge in [0, 0.05) is 23.4 Å². The molecule has 0 atom stereocenters. The molecule has 2 rings (SSSR count). The van der Waals surface area contributed by atoms with Crippen molar-refractivity contribution in [2.45, 2.75) is 18.3 Å². The highest BCUT2D eigenvalue weighted by Crippen LogP contribution is 2.46. The van der Waals surface area contributed by atoms with E-state index in [-0.39, 0.29) is 29.2 Å². The Bertz CT molecular complexity index is 470. The van der Waals surface area contributed by atoms with E-state index in [4.69, 9.17) is 11.6 Å². The van der Waals surface area contributed by atoms with Crippen LogP contribution >= 0.6 is 11.6 Å². The molecule has 1 aliphatic carbocycles. The highest BCUT2D eigenvalue weighted by Gasteiger charge is 2.54. The van der Waals surface area contributed by atoms with Crippen LogP contribution in [0.4, 0.5) is 4.39 Å². The van der Waals surface area contributed by atoms with Crippen LogP contribution in [0.25, 0.3) is 0 Å². The number of hydrogen-bond donors (Lipinski definition) is 0. The van der Waals surface area contributed by atoms with E-state index < -0.39 is 17.2 Å². The van der Waals surface area contributed by atoms with Crippen LogP contribution in [-0.2, 0) is 19.7 Å². The SMILES string of the molecule is COC(=O)C1(c2c(F)cccc2Cl)CC(=O)C1. The Labute approximate surface area is 103 Å². The topological polar surface area (TPSA) is 43.4 Å². The average Bonchev–Trinajstić information content (AvgIpc) is 2.24. The van der Waals surface area contributed by atoms with E-state index in [2.05, 4.69) is 4.74 Å². The first kappa shape index (κ1) is 12.0. The molecule has 0 amide bonds. The largest absolute Gasteiger partial charge is 0.468 e. The number of methoxy groups -OCH3 is 1. The highest BCUT2D eigenvalue weighted by molar-refractivity contribution is 6.32. The third-order valence-corrected chi connectivity index (χ3v) is 3.33. The van der Waals surface area contributed by atoms with Gasteiger partial charge in [-0.15, -0.1) is 0 Å². The number of ketones is 1. The molecule has 0 aromatic heterocycles. The number of hydrogen-bond acceptors (Lipinski definition) is 3. The Kier molecular flexibility index (Phi) is 2.91. The van der Waals surface area contributed by atoms with Gasteiger partial charge < -0.3 is 4.74 Å². The molecule has 17 heavy (non-hydrogen) atoms. The lowest BCUT2D eigenvalue weighted by Gasteiger charge is -2.38. The minimum atomic E-state index is -1.24. The summed E-state index contributed by atoms with van der Waals surface area (Å²) in [4.78, 5) is 22.9. The van der Waals surface area contributed by atoms with Crippen LogP contribution in [0.2, 0.25) is 5.02 Å². The Morgan fingerprint density at radius 2 is 2.12 bits per heavy atom. The number of carbonyl (C=O) groups is 2. The summed E-state index contributed by atoms with van der Waals surface area (Å²) in [5.74, 6) is -1.31. The first-order chi connectivity index (χ1) is 8.01. The predicted octanol–water partition coefficient (Wildman–Crippen LogP) is 2.25. The Hall–Kier alpha value is -1.42. The number of benzene rings is 1. The molecule has 0 unspecified atom stereocenters. The lowest BCUT2D eigenvalue weighted by atomic mass is 9.63. The van der Waals surface area contributed by atoms with Crippen molar-refractivity contribution in [1.29, 1.82) is 0 Å². The third kappa shape index (κ3) is 1.72. The van der Waals surface area contributed by atoms with Crippen LogP contribution in [-0.4, -0.2) is 18.9 Å². The summed E-state index contributed by atoms with van der Waals surface area (Å²) in [6, 6.07) is 4.16. The minimum absolute atomic E-state index is 0.0552. The lowest BCUT2D eigenvalue weighted by Crippen LogP contribution is -2.49. The van der Waals surface area contributed by atoms with E-state index >= 15 is 0 Å². The van der Waals surface area contributed by atoms with Gasteiger partial charge in [-0.25, -0.2) is 4.39 Å². The summed E-state index contributed by atoms with van der Waals surface area (Å²) in [6.07, 6.45) is -0.110. The molecule has 0 aliphatic heterocycles. The molecule has 0 N–H and O–H groups in total. The molecule has 0 saturated heterocycles.